The van der Waals surface area contributed by atoms with Crippen molar-refractivity contribution in [2.24, 2.45) is 0 Å². The Bertz CT molecular complexity index is 1410. The number of para-hydroxylation sites is 1. The van der Waals surface area contributed by atoms with Gasteiger partial charge in [-0.25, -0.2) is 4.98 Å². The van der Waals surface area contributed by atoms with Crippen LogP contribution in [0.4, 0.5) is 5.69 Å². The second-order valence-electron chi connectivity index (χ2n) is 7.57. The summed E-state index contributed by atoms with van der Waals surface area (Å²) in [5.41, 5.74) is 2.22. The molecule has 0 saturated heterocycles. The van der Waals surface area contributed by atoms with Crippen LogP contribution in [0.15, 0.2) is 69.7 Å². The van der Waals surface area contributed by atoms with Crippen LogP contribution in [0.1, 0.15) is 25.3 Å². The highest BCUT2D eigenvalue weighted by molar-refractivity contribution is 8.01. The Balaban J connectivity index is 1.31. The number of thioether (sulfide) groups is 1. The van der Waals surface area contributed by atoms with Crippen molar-refractivity contribution in [2.45, 2.75) is 29.6 Å². The largest absolute Gasteiger partial charge is 0.454 e. The van der Waals surface area contributed by atoms with Gasteiger partial charge < -0.3 is 15.0 Å². The van der Waals surface area contributed by atoms with Crippen molar-refractivity contribution < 1.29 is 14.3 Å². The van der Waals surface area contributed by atoms with E-state index in [0.717, 1.165) is 21.7 Å². The predicted octanol–water partition coefficient (Wildman–Crippen LogP) is 4.76. The van der Waals surface area contributed by atoms with Crippen LogP contribution >= 0.6 is 23.1 Å². The maximum Gasteiger partial charge on any atom is 0.308 e. The molecule has 0 spiro atoms. The van der Waals surface area contributed by atoms with E-state index in [1.165, 1.54) is 23.1 Å². The molecular formula is C24H19N3O4S2. The lowest BCUT2D eigenvalue weighted by atomic mass is 10.1. The van der Waals surface area contributed by atoms with E-state index < -0.39 is 17.3 Å². The second-order valence-corrected chi connectivity index (χ2v) is 9.68. The van der Waals surface area contributed by atoms with E-state index in [2.05, 4.69) is 15.3 Å². The summed E-state index contributed by atoms with van der Waals surface area (Å²) in [7, 11) is 0. The normalized spacial score (nSPS) is 16.2. The highest BCUT2D eigenvalue weighted by Gasteiger charge is 2.30. The van der Waals surface area contributed by atoms with E-state index in [4.69, 9.17) is 4.74 Å². The van der Waals surface area contributed by atoms with Crippen molar-refractivity contribution in [3.63, 3.8) is 0 Å². The number of H-pyrrole nitrogens is 1. The number of anilines is 1. The average molecular weight is 478 g/mol. The van der Waals surface area contributed by atoms with Crippen LogP contribution in [-0.4, -0.2) is 27.1 Å². The fourth-order valence-electron chi connectivity index (χ4n) is 3.67. The minimum Gasteiger partial charge on any atom is -0.454 e. The van der Waals surface area contributed by atoms with E-state index in [0.29, 0.717) is 10.2 Å². The third-order valence-electron chi connectivity index (χ3n) is 5.30. The van der Waals surface area contributed by atoms with Crippen molar-refractivity contribution >= 4 is 50.9 Å². The molecule has 4 aromatic rings. The summed E-state index contributed by atoms with van der Waals surface area (Å²) in [4.78, 5) is 46.5. The van der Waals surface area contributed by atoms with Gasteiger partial charge in [-0.3, -0.25) is 14.4 Å². The molecule has 0 fully saturated rings. The average Bonchev–Trinajstić information content (AvgIpc) is 3.25. The fourth-order valence-corrected chi connectivity index (χ4v) is 5.72. The van der Waals surface area contributed by atoms with Crippen molar-refractivity contribution in [1.29, 1.82) is 0 Å². The number of aromatic amines is 1. The van der Waals surface area contributed by atoms with Crippen molar-refractivity contribution in [3.05, 3.63) is 76.2 Å². The van der Waals surface area contributed by atoms with E-state index in [-0.39, 0.29) is 23.7 Å². The number of hydrogen-bond donors (Lipinski definition) is 2. The van der Waals surface area contributed by atoms with Gasteiger partial charge in [0, 0.05) is 15.8 Å². The van der Waals surface area contributed by atoms with Gasteiger partial charge in [-0.1, -0.05) is 42.5 Å². The molecular weight excluding hydrogens is 458 g/mol. The molecule has 9 heteroatoms. The third kappa shape index (κ3) is 4.29. The maximum atomic E-state index is 12.8. The lowest BCUT2D eigenvalue weighted by Gasteiger charge is -2.23. The standard InChI is InChI=1S/C24H19N3O4S2/c1-13(31-19(28)11-18-22(29)25-16-9-5-6-10-17(16)33-18)21-26-23(30)20-15(12-32-24(20)27-21)14-7-3-2-4-8-14/h2-10,12-13,18H,11H2,1H3,(H,25,29)(H,26,27,30). The number of ether oxygens (including phenoxy) is 1. The summed E-state index contributed by atoms with van der Waals surface area (Å²) >= 11 is 2.70. The van der Waals surface area contributed by atoms with Crippen molar-refractivity contribution in [3.8, 4) is 11.1 Å². The number of rotatable bonds is 5. The topological polar surface area (TPSA) is 101 Å². The van der Waals surface area contributed by atoms with Gasteiger partial charge in [0.15, 0.2) is 11.9 Å². The molecule has 1 aliphatic rings. The number of esters is 1. The van der Waals surface area contributed by atoms with Crippen LogP contribution in [-0.2, 0) is 14.3 Å². The summed E-state index contributed by atoms with van der Waals surface area (Å²) in [5, 5.41) is 4.65. The molecule has 2 N–H and O–H groups in total. The Hall–Kier alpha value is -3.43. The molecule has 0 saturated carbocycles. The Morgan fingerprint density at radius 3 is 2.70 bits per heavy atom. The first-order valence-corrected chi connectivity index (χ1v) is 12.1. The molecule has 2 aromatic heterocycles. The minimum absolute atomic E-state index is 0.0845. The number of nitrogens with zero attached hydrogens (tertiary/aromatic N) is 1. The number of thiophene rings is 1. The first-order valence-electron chi connectivity index (χ1n) is 10.3. The molecule has 3 heterocycles. The van der Waals surface area contributed by atoms with Gasteiger partial charge in [0.25, 0.3) is 5.56 Å². The molecule has 0 bridgehead atoms. The minimum atomic E-state index is -0.763. The van der Waals surface area contributed by atoms with Gasteiger partial charge in [0.05, 0.1) is 22.7 Å². The lowest BCUT2D eigenvalue weighted by Crippen LogP contribution is -2.31. The first kappa shape index (κ1) is 21.4. The number of benzene rings is 2. The highest BCUT2D eigenvalue weighted by atomic mass is 32.2. The molecule has 2 atom stereocenters. The van der Waals surface area contributed by atoms with Crippen molar-refractivity contribution in [2.75, 3.05) is 5.32 Å². The van der Waals surface area contributed by atoms with Crippen LogP contribution in [0, 0.1) is 0 Å². The molecule has 33 heavy (non-hydrogen) atoms. The van der Waals surface area contributed by atoms with Crippen LogP contribution in [0.25, 0.3) is 21.3 Å². The van der Waals surface area contributed by atoms with Gasteiger partial charge in [0.1, 0.15) is 4.83 Å². The summed E-state index contributed by atoms with van der Waals surface area (Å²) in [5.74, 6) is -0.495. The first-order chi connectivity index (χ1) is 16.0. The molecule has 2 aromatic carbocycles. The fraction of sp³-hybridized carbons (Fsp3) is 0.167. The van der Waals surface area contributed by atoms with Gasteiger partial charge >= 0.3 is 5.97 Å². The monoisotopic (exact) mass is 477 g/mol. The Morgan fingerprint density at radius 2 is 1.88 bits per heavy atom. The molecule has 5 rings (SSSR count). The Kier molecular flexibility index (Phi) is 5.74. The van der Waals surface area contributed by atoms with E-state index >= 15 is 0 Å². The van der Waals surface area contributed by atoms with Crippen LogP contribution in [0.2, 0.25) is 0 Å². The summed E-state index contributed by atoms with van der Waals surface area (Å²) in [6, 6.07) is 17.1. The zero-order valence-corrected chi connectivity index (χ0v) is 19.2. The molecule has 1 aliphatic heterocycles. The van der Waals surface area contributed by atoms with E-state index in [1.54, 1.807) is 6.92 Å². The highest BCUT2D eigenvalue weighted by Crippen LogP contribution is 2.37. The number of hydrogen-bond acceptors (Lipinski definition) is 7. The van der Waals surface area contributed by atoms with Gasteiger partial charge in [0.2, 0.25) is 5.91 Å². The number of carbonyl (C=O) groups excluding carboxylic acids is 2. The summed E-state index contributed by atoms with van der Waals surface area (Å²) in [6.45, 7) is 1.65. The lowest BCUT2D eigenvalue weighted by molar-refractivity contribution is -0.149. The smallest absolute Gasteiger partial charge is 0.308 e. The molecule has 166 valence electrons. The number of carbonyl (C=O) groups is 2. The summed E-state index contributed by atoms with van der Waals surface area (Å²) < 4.78 is 5.51. The van der Waals surface area contributed by atoms with Gasteiger partial charge in [-0.05, 0) is 24.6 Å². The maximum absolute atomic E-state index is 12.8. The van der Waals surface area contributed by atoms with Crippen molar-refractivity contribution in [1.82, 2.24) is 9.97 Å². The van der Waals surface area contributed by atoms with Crippen LogP contribution < -0.4 is 10.9 Å². The Labute approximate surface area is 197 Å². The number of nitrogens with one attached hydrogen (secondary N) is 2. The number of fused-ring (bicyclic) bond motifs is 2. The molecule has 7 nitrogen and oxygen atoms in total. The molecule has 1 amide bonds. The van der Waals surface area contributed by atoms with Crippen LogP contribution in [0.3, 0.4) is 0 Å². The molecule has 2 unspecified atom stereocenters. The van der Waals surface area contributed by atoms with Crippen LogP contribution in [0.5, 0.6) is 0 Å². The predicted molar refractivity (Wildman–Crippen MR) is 130 cm³/mol. The second kappa shape index (κ2) is 8.84. The quantitative estimate of drug-likeness (QED) is 0.402. The van der Waals surface area contributed by atoms with E-state index in [1.807, 2.05) is 60.0 Å². The third-order valence-corrected chi connectivity index (χ3v) is 7.45. The number of amides is 1. The number of aromatic nitrogens is 2. The summed E-state index contributed by atoms with van der Waals surface area (Å²) in [6.07, 6.45) is -0.848. The zero-order chi connectivity index (χ0) is 22.9. The molecule has 0 radical (unpaired) electrons. The van der Waals surface area contributed by atoms with Gasteiger partial charge in [-0.15, -0.1) is 23.1 Å². The zero-order valence-electron chi connectivity index (χ0n) is 17.5. The molecule has 0 aliphatic carbocycles. The van der Waals surface area contributed by atoms with E-state index in [9.17, 15) is 14.4 Å². The SMILES string of the molecule is CC(OC(=O)CC1Sc2ccccc2NC1=O)c1nc2scc(-c3ccccc3)c2c(=O)[nH]1. The van der Waals surface area contributed by atoms with Gasteiger partial charge in [-0.2, -0.15) is 0 Å². The Morgan fingerprint density at radius 1 is 1.12 bits per heavy atom.